The van der Waals surface area contributed by atoms with Gasteiger partial charge in [-0.15, -0.1) is 0 Å². The molecule has 0 aliphatic carbocycles. The lowest BCUT2D eigenvalue weighted by molar-refractivity contribution is 0.854. The van der Waals surface area contributed by atoms with Crippen molar-refractivity contribution in [1.29, 1.82) is 0 Å². The molecule has 0 saturated carbocycles. The molecule has 0 saturated heterocycles. The number of H-pyrrole nitrogens is 2. The third-order valence-corrected chi connectivity index (χ3v) is 9.68. The average molecular weight is 767 g/mol. The third-order valence-electron chi connectivity index (χ3n) is 9.68. The van der Waals surface area contributed by atoms with Crippen LogP contribution in [0.2, 0.25) is 0 Å². The van der Waals surface area contributed by atoms with Gasteiger partial charge in [0.05, 0.1) is 68.6 Å². The Bertz CT molecular complexity index is 3180. The summed E-state index contributed by atoms with van der Waals surface area (Å²) < 4.78 is 3.69. The summed E-state index contributed by atoms with van der Waals surface area (Å²) in [6.07, 6.45) is 9.56. The number of aromatic nitrogens is 12. The van der Waals surface area contributed by atoms with Crippen LogP contribution in [0.5, 0.6) is 0 Å². The molecule has 0 spiro atoms. The Hall–Kier alpha value is -8.14. The predicted molar refractivity (Wildman–Crippen MR) is 222 cm³/mol. The summed E-state index contributed by atoms with van der Waals surface area (Å²) in [5.41, 5.74) is 6.16. The largest absolute Gasteiger partial charge is 0.348 e. The Kier molecular flexibility index (Phi) is 9.31. The topological polar surface area (TPSA) is 203 Å². The van der Waals surface area contributed by atoms with Crippen molar-refractivity contribution >= 4 is 55.8 Å². The zero-order chi connectivity index (χ0) is 39.6. The fourth-order valence-corrected chi connectivity index (χ4v) is 6.65. The van der Waals surface area contributed by atoms with Crippen molar-refractivity contribution < 1.29 is 0 Å². The van der Waals surface area contributed by atoms with Crippen LogP contribution in [0.25, 0.3) is 55.5 Å². The number of fused-ring (bicyclic) bond motifs is 4. The Morgan fingerprint density at radius 3 is 1.52 bits per heavy atom. The first-order valence-electron chi connectivity index (χ1n) is 18.4. The van der Waals surface area contributed by atoms with Gasteiger partial charge in [0, 0.05) is 12.4 Å². The van der Waals surface area contributed by atoms with Crippen LogP contribution in [0.15, 0.2) is 144 Å². The smallest absolute Gasteiger partial charge is 0.258 e. The fraction of sp³-hybridized carbons (Fsp3) is 0.0952. The minimum absolute atomic E-state index is 0.0551. The van der Waals surface area contributed by atoms with Crippen LogP contribution in [-0.2, 0) is 0 Å². The number of rotatable bonds is 8. The van der Waals surface area contributed by atoms with Crippen molar-refractivity contribution in [3.05, 3.63) is 167 Å². The summed E-state index contributed by atoms with van der Waals surface area (Å²) in [7, 11) is 0. The molecular weight excluding hydrogens is 733 g/mol. The molecule has 0 bridgehead atoms. The van der Waals surface area contributed by atoms with Gasteiger partial charge in [0.2, 0.25) is 11.9 Å². The molecule has 2 atom stereocenters. The molecule has 58 heavy (non-hydrogen) atoms. The van der Waals surface area contributed by atoms with Gasteiger partial charge >= 0.3 is 0 Å². The zero-order valence-corrected chi connectivity index (χ0v) is 31.1. The minimum atomic E-state index is -0.189. The highest BCUT2D eigenvalue weighted by Crippen LogP contribution is 2.24. The molecule has 4 N–H and O–H groups in total. The highest BCUT2D eigenvalue weighted by atomic mass is 16.1. The van der Waals surface area contributed by atoms with Crippen LogP contribution in [0.1, 0.15) is 37.1 Å². The average Bonchev–Trinajstić information content (AvgIpc) is 3.87. The number of benzene rings is 4. The summed E-state index contributed by atoms with van der Waals surface area (Å²) in [5.74, 6) is 2.37. The normalized spacial score (nSPS) is 12.3. The van der Waals surface area contributed by atoms with Gasteiger partial charge in [-0.2, -0.15) is 9.97 Å². The van der Waals surface area contributed by atoms with Gasteiger partial charge in [-0.3, -0.25) is 18.7 Å². The van der Waals surface area contributed by atoms with Crippen LogP contribution in [-0.4, -0.2) is 59.0 Å². The number of imidazole rings is 2. The number of hydrogen-bond acceptors (Lipinski definition) is 12. The lowest BCUT2D eigenvalue weighted by Crippen LogP contribution is -2.10. The van der Waals surface area contributed by atoms with E-state index in [4.69, 9.17) is 0 Å². The molecule has 0 radical (unpaired) electrons. The highest BCUT2D eigenvalue weighted by molar-refractivity contribution is 5.94. The van der Waals surface area contributed by atoms with Gasteiger partial charge in [0.15, 0.2) is 0 Å². The Balaban J connectivity index is 0.000000150. The van der Waals surface area contributed by atoms with Gasteiger partial charge in [-0.25, -0.2) is 29.9 Å². The maximum atomic E-state index is 12.1. The van der Waals surface area contributed by atoms with Crippen LogP contribution in [0.4, 0.5) is 11.9 Å². The molecule has 0 aliphatic rings. The van der Waals surface area contributed by atoms with E-state index in [0.717, 1.165) is 27.7 Å². The number of anilines is 2. The molecule has 0 amide bonds. The number of hydrogen-bond donors (Lipinski definition) is 4. The van der Waals surface area contributed by atoms with E-state index in [0.29, 0.717) is 50.9 Å². The number of nitrogens with zero attached hydrogens (tertiary/aromatic N) is 10. The number of aromatic amines is 2. The number of nitrogens with one attached hydrogen (secondary N) is 4. The summed E-state index contributed by atoms with van der Waals surface area (Å²) in [6.45, 7) is 4.12. The Morgan fingerprint density at radius 2 is 0.983 bits per heavy atom. The van der Waals surface area contributed by atoms with Crippen LogP contribution in [0.3, 0.4) is 0 Å². The van der Waals surface area contributed by atoms with Gasteiger partial charge in [0.25, 0.3) is 11.1 Å². The van der Waals surface area contributed by atoms with E-state index in [1.807, 2.05) is 57.7 Å². The van der Waals surface area contributed by atoms with Crippen molar-refractivity contribution in [2.45, 2.75) is 25.9 Å². The SMILES string of the molecule is C[C@H](Nc1nccc(-n2cnc3cc4c(=O)[nH]cnc4cc32)n1)c1ccccc1.C[C@H](Nc1nccc(-n2cnc3cc4nc[nH]c(=O)c4cc32)n1)c1ccccc1. The molecule has 284 valence electrons. The van der Waals surface area contributed by atoms with Crippen molar-refractivity contribution in [3.8, 4) is 11.6 Å². The quantitative estimate of drug-likeness (QED) is 0.132. The monoisotopic (exact) mass is 766 g/mol. The lowest BCUT2D eigenvalue weighted by atomic mass is 10.1. The summed E-state index contributed by atoms with van der Waals surface area (Å²) in [4.78, 5) is 64.6. The lowest BCUT2D eigenvalue weighted by Gasteiger charge is -2.14. The van der Waals surface area contributed by atoms with E-state index in [1.54, 1.807) is 49.3 Å². The van der Waals surface area contributed by atoms with Gasteiger partial charge in [-0.05, 0) is 61.4 Å². The van der Waals surface area contributed by atoms with E-state index < -0.39 is 0 Å². The maximum Gasteiger partial charge on any atom is 0.258 e. The second-order valence-electron chi connectivity index (χ2n) is 13.4. The van der Waals surface area contributed by atoms with Crippen LogP contribution in [0, 0.1) is 0 Å². The predicted octanol–water partition coefficient (Wildman–Crippen LogP) is 6.45. The fourth-order valence-electron chi connectivity index (χ4n) is 6.65. The van der Waals surface area contributed by atoms with Crippen molar-refractivity contribution in [1.82, 2.24) is 59.0 Å². The molecule has 16 nitrogen and oxygen atoms in total. The molecule has 6 heterocycles. The summed E-state index contributed by atoms with van der Waals surface area (Å²) in [5, 5.41) is 7.67. The minimum Gasteiger partial charge on any atom is -0.348 e. The van der Waals surface area contributed by atoms with Crippen molar-refractivity contribution in [2.24, 2.45) is 0 Å². The first-order chi connectivity index (χ1) is 28.4. The summed E-state index contributed by atoms with van der Waals surface area (Å²) in [6, 6.07) is 31.1. The first kappa shape index (κ1) is 35.6. The van der Waals surface area contributed by atoms with E-state index in [9.17, 15) is 9.59 Å². The highest BCUT2D eigenvalue weighted by Gasteiger charge is 2.14. The van der Waals surface area contributed by atoms with E-state index in [-0.39, 0.29) is 23.2 Å². The van der Waals surface area contributed by atoms with Gasteiger partial charge in [-0.1, -0.05) is 60.7 Å². The molecular formula is C42H34N14O2. The van der Waals surface area contributed by atoms with Crippen molar-refractivity contribution in [3.63, 3.8) is 0 Å². The molecule has 6 aromatic heterocycles. The third kappa shape index (κ3) is 7.08. The Labute approximate surface area is 328 Å². The first-order valence-corrected chi connectivity index (χ1v) is 18.4. The molecule has 16 heteroatoms. The van der Waals surface area contributed by atoms with E-state index in [1.165, 1.54) is 12.7 Å². The second kappa shape index (κ2) is 15.2. The Morgan fingerprint density at radius 1 is 0.517 bits per heavy atom. The molecule has 0 unspecified atom stereocenters. The summed E-state index contributed by atoms with van der Waals surface area (Å²) >= 11 is 0. The van der Waals surface area contributed by atoms with E-state index in [2.05, 4.69) is 98.6 Å². The molecule has 10 aromatic rings. The van der Waals surface area contributed by atoms with Gasteiger partial charge in [0.1, 0.15) is 24.3 Å². The maximum absolute atomic E-state index is 12.1. The van der Waals surface area contributed by atoms with E-state index >= 15 is 0 Å². The zero-order valence-electron chi connectivity index (χ0n) is 31.1. The standard InChI is InChI=1S/2C21H17N7O/c1-13(14-5-3-2-4-6-14)26-21-22-8-7-19(27-21)28-12-25-17-10-16-15(9-18(17)28)20(29)24-11-23-16;1-13(14-5-3-2-4-6-14)26-21-22-8-7-19(27-21)28-12-25-17-9-15-16(10-18(17)28)23-11-24-20(15)29/h2*2-13H,1H3,(H,22,26,27)(H,23,24,29)/t2*13-/m00/s1. The molecule has 4 aromatic carbocycles. The second-order valence-corrected chi connectivity index (χ2v) is 13.4. The van der Waals surface area contributed by atoms with Crippen LogP contribution < -0.4 is 21.8 Å². The molecule has 0 aliphatic heterocycles. The van der Waals surface area contributed by atoms with Crippen molar-refractivity contribution in [2.75, 3.05) is 10.6 Å². The molecule has 10 rings (SSSR count). The van der Waals surface area contributed by atoms with Gasteiger partial charge < -0.3 is 20.6 Å². The van der Waals surface area contributed by atoms with Crippen LogP contribution >= 0.6 is 0 Å². The molecule has 0 fully saturated rings.